The highest BCUT2D eigenvalue weighted by atomic mass is 16.5. The van der Waals surface area contributed by atoms with Crippen molar-refractivity contribution in [2.75, 3.05) is 25.6 Å². The topological polar surface area (TPSA) is 93.7 Å². The predicted octanol–water partition coefficient (Wildman–Crippen LogP) is 2.04. The van der Waals surface area contributed by atoms with Gasteiger partial charge in [0.2, 0.25) is 0 Å². The summed E-state index contributed by atoms with van der Waals surface area (Å²) < 4.78 is 9.83. The number of nitrogens with one attached hydrogen (secondary N) is 2. The van der Waals surface area contributed by atoms with Gasteiger partial charge in [-0.05, 0) is 51.0 Å². The van der Waals surface area contributed by atoms with Gasteiger partial charge in [-0.2, -0.15) is 0 Å². The van der Waals surface area contributed by atoms with E-state index in [0.717, 1.165) is 11.3 Å². The molecular formula is C18H26N2O5. The van der Waals surface area contributed by atoms with Gasteiger partial charge in [-0.1, -0.05) is 0 Å². The third kappa shape index (κ3) is 6.45. The smallest absolute Gasteiger partial charge is 0.328 e. The molecule has 1 aromatic rings. The van der Waals surface area contributed by atoms with E-state index in [2.05, 4.69) is 10.6 Å². The van der Waals surface area contributed by atoms with Crippen molar-refractivity contribution in [2.24, 2.45) is 0 Å². The fraction of sp³-hybridized carbons (Fsp3) is 0.500. The molecule has 0 saturated carbocycles. The maximum atomic E-state index is 12.4. The van der Waals surface area contributed by atoms with Crippen LogP contribution in [0.5, 0.6) is 0 Å². The first-order chi connectivity index (χ1) is 11.9. The monoisotopic (exact) mass is 350 g/mol. The maximum Gasteiger partial charge on any atom is 0.328 e. The van der Waals surface area contributed by atoms with Crippen molar-refractivity contribution in [3.8, 4) is 0 Å². The van der Waals surface area contributed by atoms with E-state index in [0.29, 0.717) is 5.56 Å². The Bertz CT molecular complexity index is 615. The Balaban J connectivity index is 2.81. The molecule has 0 radical (unpaired) electrons. The molecule has 0 bridgehead atoms. The molecule has 0 aliphatic rings. The fourth-order valence-corrected chi connectivity index (χ4v) is 2.31. The largest absolute Gasteiger partial charge is 0.466 e. The van der Waals surface area contributed by atoms with Crippen LogP contribution in [0.25, 0.3) is 0 Å². The summed E-state index contributed by atoms with van der Waals surface area (Å²) in [6, 6.07) is 4.29. The number of carbonyl (C=O) groups is 3. The standard InChI is InChI=1S/C18H26N2O5/c1-5-24-16(21)10-9-15(18(23)25-6-2)20-17(22)13-7-8-14(19-4)12(3)11-13/h7-8,11,15,19H,5-6,9-10H2,1-4H3,(H,20,22). The Kier molecular flexibility index (Phi) is 8.46. The normalized spacial score (nSPS) is 11.4. The maximum absolute atomic E-state index is 12.4. The van der Waals surface area contributed by atoms with Crippen LogP contribution in [0.2, 0.25) is 0 Å². The molecule has 1 aromatic carbocycles. The fourth-order valence-electron chi connectivity index (χ4n) is 2.31. The van der Waals surface area contributed by atoms with Gasteiger partial charge >= 0.3 is 11.9 Å². The van der Waals surface area contributed by atoms with E-state index < -0.39 is 23.9 Å². The second-order valence-corrected chi connectivity index (χ2v) is 5.40. The first-order valence-corrected chi connectivity index (χ1v) is 8.34. The van der Waals surface area contributed by atoms with E-state index in [1.54, 1.807) is 39.1 Å². The van der Waals surface area contributed by atoms with Crippen LogP contribution in [0.3, 0.4) is 0 Å². The summed E-state index contributed by atoms with van der Waals surface area (Å²) in [5.74, 6) is -1.38. The van der Waals surface area contributed by atoms with Crippen molar-refractivity contribution >= 4 is 23.5 Å². The minimum atomic E-state index is -0.902. The molecule has 0 saturated heterocycles. The predicted molar refractivity (Wildman–Crippen MR) is 94.5 cm³/mol. The molecule has 1 rings (SSSR count). The van der Waals surface area contributed by atoms with Crippen LogP contribution >= 0.6 is 0 Å². The Morgan fingerprint density at radius 3 is 2.36 bits per heavy atom. The van der Waals surface area contributed by atoms with Gasteiger partial charge in [0.25, 0.3) is 5.91 Å². The van der Waals surface area contributed by atoms with E-state index in [4.69, 9.17) is 9.47 Å². The summed E-state index contributed by atoms with van der Waals surface area (Å²) in [6.07, 6.45) is 0.145. The van der Waals surface area contributed by atoms with E-state index in [1.165, 1.54) is 0 Å². The minimum absolute atomic E-state index is 0.0231. The summed E-state index contributed by atoms with van der Waals surface area (Å²) >= 11 is 0. The first kappa shape index (κ1) is 20.5. The zero-order chi connectivity index (χ0) is 18.8. The zero-order valence-electron chi connectivity index (χ0n) is 15.2. The number of hydrogen-bond donors (Lipinski definition) is 2. The quantitative estimate of drug-likeness (QED) is 0.662. The molecule has 0 fully saturated rings. The van der Waals surface area contributed by atoms with Gasteiger partial charge in [0.1, 0.15) is 6.04 Å². The number of esters is 2. The second kappa shape index (κ2) is 10.3. The van der Waals surface area contributed by atoms with Crippen LogP contribution in [0.15, 0.2) is 18.2 Å². The second-order valence-electron chi connectivity index (χ2n) is 5.40. The summed E-state index contributed by atoms with van der Waals surface area (Å²) in [7, 11) is 1.80. The van der Waals surface area contributed by atoms with Crippen molar-refractivity contribution in [3.63, 3.8) is 0 Å². The van der Waals surface area contributed by atoms with Crippen LogP contribution < -0.4 is 10.6 Å². The Labute approximate surface area is 148 Å². The number of aryl methyl sites for hydroxylation is 1. The number of hydrogen-bond acceptors (Lipinski definition) is 6. The number of anilines is 1. The highest BCUT2D eigenvalue weighted by molar-refractivity contribution is 5.97. The number of rotatable bonds is 9. The molecule has 1 atom stereocenters. The van der Waals surface area contributed by atoms with Crippen LogP contribution in [-0.4, -0.2) is 44.1 Å². The Hall–Kier alpha value is -2.57. The van der Waals surface area contributed by atoms with Gasteiger partial charge in [0.15, 0.2) is 0 Å². The van der Waals surface area contributed by atoms with Crippen molar-refractivity contribution in [2.45, 2.75) is 39.7 Å². The molecule has 0 aliphatic carbocycles. The van der Waals surface area contributed by atoms with Crippen LogP contribution in [-0.2, 0) is 19.1 Å². The molecule has 0 aromatic heterocycles. The SMILES string of the molecule is CCOC(=O)CCC(NC(=O)c1ccc(NC)c(C)c1)C(=O)OCC. The molecule has 0 heterocycles. The van der Waals surface area contributed by atoms with Gasteiger partial charge < -0.3 is 20.1 Å². The van der Waals surface area contributed by atoms with Crippen molar-refractivity contribution in [1.82, 2.24) is 5.32 Å². The summed E-state index contributed by atoms with van der Waals surface area (Å²) in [4.78, 5) is 36.0. The van der Waals surface area contributed by atoms with E-state index in [1.807, 2.05) is 6.92 Å². The van der Waals surface area contributed by atoms with E-state index in [9.17, 15) is 14.4 Å². The van der Waals surface area contributed by atoms with Crippen LogP contribution in [0.4, 0.5) is 5.69 Å². The molecule has 25 heavy (non-hydrogen) atoms. The highest BCUT2D eigenvalue weighted by Crippen LogP contribution is 2.16. The van der Waals surface area contributed by atoms with Crippen LogP contribution in [0.1, 0.15) is 42.6 Å². The molecule has 1 unspecified atom stereocenters. The number of amides is 1. The van der Waals surface area contributed by atoms with Gasteiger partial charge in [-0.25, -0.2) is 4.79 Å². The molecule has 2 N–H and O–H groups in total. The lowest BCUT2D eigenvalue weighted by Gasteiger charge is -2.17. The summed E-state index contributed by atoms with van der Waals surface area (Å²) in [6.45, 7) is 5.74. The molecular weight excluding hydrogens is 324 g/mol. The number of benzene rings is 1. The van der Waals surface area contributed by atoms with Crippen molar-refractivity contribution in [1.29, 1.82) is 0 Å². The van der Waals surface area contributed by atoms with E-state index >= 15 is 0 Å². The average molecular weight is 350 g/mol. The average Bonchev–Trinajstić information content (AvgIpc) is 2.58. The number of ether oxygens (including phenoxy) is 2. The van der Waals surface area contributed by atoms with Crippen molar-refractivity contribution in [3.05, 3.63) is 29.3 Å². The molecule has 7 heteroatoms. The van der Waals surface area contributed by atoms with Gasteiger partial charge in [0.05, 0.1) is 13.2 Å². The minimum Gasteiger partial charge on any atom is -0.466 e. The summed E-state index contributed by atoms with van der Waals surface area (Å²) in [5, 5.41) is 5.66. The molecule has 0 aliphatic heterocycles. The van der Waals surface area contributed by atoms with Crippen LogP contribution in [0, 0.1) is 6.92 Å². The Morgan fingerprint density at radius 1 is 1.12 bits per heavy atom. The first-order valence-electron chi connectivity index (χ1n) is 8.34. The molecule has 138 valence electrons. The zero-order valence-corrected chi connectivity index (χ0v) is 15.2. The molecule has 1 amide bonds. The van der Waals surface area contributed by atoms with Gasteiger partial charge in [-0.15, -0.1) is 0 Å². The molecule has 7 nitrogen and oxygen atoms in total. The Morgan fingerprint density at radius 2 is 1.80 bits per heavy atom. The lowest BCUT2D eigenvalue weighted by Crippen LogP contribution is -2.42. The lowest BCUT2D eigenvalue weighted by atomic mass is 10.1. The van der Waals surface area contributed by atoms with Gasteiger partial charge in [-0.3, -0.25) is 9.59 Å². The highest BCUT2D eigenvalue weighted by Gasteiger charge is 2.24. The molecule has 0 spiro atoms. The summed E-state index contributed by atoms with van der Waals surface area (Å²) in [5.41, 5.74) is 2.26. The van der Waals surface area contributed by atoms with Crippen molar-refractivity contribution < 1.29 is 23.9 Å². The van der Waals surface area contributed by atoms with E-state index in [-0.39, 0.29) is 26.1 Å². The third-order valence-corrected chi connectivity index (χ3v) is 3.58. The third-order valence-electron chi connectivity index (χ3n) is 3.58. The van der Waals surface area contributed by atoms with Gasteiger partial charge in [0, 0.05) is 24.7 Å². The lowest BCUT2D eigenvalue weighted by molar-refractivity contribution is -0.146. The number of carbonyl (C=O) groups excluding carboxylic acids is 3.